The summed E-state index contributed by atoms with van der Waals surface area (Å²) in [6.45, 7) is 0. The number of ether oxygens (including phenoxy) is 1. The number of carboxylic acids is 1. The standard InChI is InChI=1S/C26H20BrN3O4/c1-30-23(16-21(29-30)18-7-3-2-4-8-18)25(31)28-22(26(32)33)15-17-11-13-19(14-12-17)34-24-10-6-5-9-20(24)27/h2-16H,1H3,(H,28,31)(H,32,33)/b22-15-. The Bertz CT molecular complexity index is 1360. The van der Waals surface area contributed by atoms with Gasteiger partial charge in [-0.1, -0.05) is 54.6 Å². The summed E-state index contributed by atoms with van der Waals surface area (Å²) in [6, 6.07) is 25.4. The van der Waals surface area contributed by atoms with Gasteiger partial charge < -0.3 is 15.2 Å². The minimum atomic E-state index is -1.26. The fourth-order valence-corrected chi connectivity index (χ4v) is 3.59. The molecule has 0 aliphatic heterocycles. The van der Waals surface area contributed by atoms with E-state index in [1.165, 1.54) is 10.8 Å². The van der Waals surface area contributed by atoms with Crippen molar-refractivity contribution in [2.24, 2.45) is 7.05 Å². The van der Waals surface area contributed by atoms with Gasteiger partial charge in [-0.3, -0.25) is 9.48 Å². The number of halogens is 1. The third kappa shape index (κ3) is 5.41. The van der Waals surface area contributed by atoms with Crippen molar-refractivity contribution >= 4 is 33.9 Å². The number of nitrogens with zero attached hydrogens (tertiary/aromatic N) is 2. The molecule has 0 radical (unpaired) electrons. The number of aryl methyl sites for hydroxylation is 1. The van der Waals surface area contributed by atoms with E-state index >= 15 is 0 Å². The van der Waals surface area contributed by atoms with E-state index in [-0.39, 0.29) is 11.4 Å². The van der Waals surface area contributed by atoms with Gasteiger partial charge in [-0.2, -0.15) is 5.10 Å². The summed E-state index contributed by atoms with van der Waals surface area (Å²) in [5.74, 6) is -0.573. The van der Waals surface area contributed by atoms with Gasteiger partial charge >= 0.3 is 5.97 Å². The molecule has 0 spiro atoms. The number of benzene rings is 3. The second kappa shape index (κ2) is 10.2. The smallest absolute Gasteiger partial charge is 0.352 e. The predicted molar refractivity (Wildman–Crippen MR) is 132 cm³/mol. The average Bonchev–Trinajstić information content (AvgIpc) is 3.23. The fraction of sp³-hybridized carbons (Fsp3) is 0.0385. The van der Waals surface area contributed by atoms with Crippen molar-refractivity contribution in [1.29, 1.82) is 0 Å². The predicted octanol–water partition coefficient (Wildman–Crippen LogP) is 5.50. The highest BCUT2D eigenvalue weighted by Gasteiger charge is 2.18. The van der Waals surface area contributed by atoms with Crippen LogP contribution >= 0.6 is 15.9 Å². The van der Waals surface area contributed by atoms with Gasteiger partial charge in [0, 0.05) is 12.6 Å². The van der Waals surface area contributed by atoms with Crippen LogP contribution in [0, 0.1) is 0 Å². The number of rotatable bonds is 7. The number of hydrogen-bond donors (Lipinski definition) is 2. The molecule has 0 saturated heterocycles. The van der Waals surface area contributed by atoms with E-state index in [0.29, 0.717) is 22.8 Å². The van der Waals surface area contributed by atoms with Gasteiger partial charge in [-0.15, -0.1) is 0 Å². The minimum absolute atomic E-state index is 0.239. The first kappa shape index (κ1) is 23.0. The third-order valence-electron chi connectivity index (χ3n) is 4.92. The van der Waals surface area contributed by atoms with Crippen molar-refractivity contribution in [3.05, 3.63) is 106 Å². The molecule has 0 fully saturated rings. The maximum Gasteiger partial charge on any atom is 0.352 e. The molecular formula is C26H20BrN3O4. The molecule has 1 amide bonds. The largest absolute Gasteiger partial charge is 0.477 e. The highest BCUT2D eigenvalue weighted by molar-refractivity contribution is 9.10. The van der Waals surface area contributed by atoms with Gasteiger partial charge in [0.2, 0.25) is 0 Å². The Morgan fingerprint density at radius 3 is 2.35 bits per heavy atom. The minimum Gasteiger partial charge on any atom is -0.477 e. The molecule has 1 aromatic heterocycles. The lowest BCUT2D eigenvalue weighted by atomic mass is 10.1. The Morgan fingerprint density at radius 1 is 1.00 bits per heavy atom. The first-order valence-electron chi connectivity index (χ1n) is 10.3. The summed E-state index contributed by atoms with van der Waals surface area (Å²) >= 11 is 3.43. The average molecular weight is 518 g/mol. The quantitative estimate of drug-likeness (QED) is 0.316. The molecule has 0 aliphatic rings. The van der Waals surface area contributed by atoms with Crippen molar-refractivity contribution in [2.45, 2.75) is 0 Å². The SMILES string of the molecule is Cn1nc(-c2ccccc2)cc1C(=O)N/C(=C\c1ccc(Oc2ccccc2Br)cc1)C(=O)O. The van der Waals surface area contributed by atoms with E-state index in [4.69, 9.17) is 4.74 Å². The van der Waals surface area contributed by atoms with Crippen LogP contribution in [-0.2, 0) is 11.8 Å². The van der Waals surface area contributed by atoms with Crippen molar-refractivity contribution in [1.82, 2.24) is 15.1 Å². The molecule has 0 atom stereocenters. The van der Waals surface area contributed by atoms with Crippen LogP contribution in [0.4, 0.5) is 0 Å². The molecule has 170 valence electrons. The molecule has 0 saturated carbocycles. The lowest BCUT2D eigenvalue weighted by Crippen LogP contribution is -2.28. The van der Waals surface area contributed by atoms with Crippen molar-refractivity contribution in [3.63, 3.8) is 0 Å². The first-order chi connectivity index (χ1) is 16.4. The highest BCUT2D eigenvalue weighted by atomic mass is 79.9. The normalized spacial score (nSPS) is 11.2. The van der Waals surface area contributed by atoms with E-state index in [2.05, 4.69) is 26.3 Å². The van der Waals surface area contributed by atoms with E-state index < -0.39 is 11.9 Å². The Morgan fingerprint density at radius 2 is 1.68 bits per heavy atom. The number of aliphatic carboxylic acids is 1. The number of nitrogens with one attached hydrogen (secondary N) is 1. The molecule has 4 aromatic rings. The second-order valence-corrected chi connectivity index (χ2v) is 8.18. The summed E-state index contributed by atoms with van der Waals surface area (Å²) in [5, 5.41) is 16.5. The fourth-order valence-electron chi connectivity index (χ4n) is 3.22. The number of carbonyl (C=O) groups excluding carboxylic acids is 1. The van der Waals surface area contributed by atoms with Crippen LogP contribution < -0.4 is 10.1 Å². The zero-order valence-electron chi connectivity index (χ0n) is 18.1. The number of carbonyl (C=O) groups is 2. The van der Waals surface area contributed by atoms with Crippen molar-refractivity contribution < 1.29 is 19.4 Å². The molecule has 8 heteroatoms. The summed E-state index contributed by atoms with van der Waals surface area (Å²) in [7, 11) is 1.63. The van der Waals surface area contributed by atoms with Crippen molar-refractivity contribution in [2.75, 3.05) is 0 Å². The summed E-state index contributed by atoms with van der Waals surface area (Å²) in [5.41, 5.74) is 2.05. The zero-order chi connectivity index (χ0) is 24.1. The van der Waals surface area contributed by atoms with Gasteiger partial charge in [0.15, 0.2) is 0 Å². The lowest BCUT2D eigenvalue weighted by molar-refractivity contribution is -0.132. The van der Waals surface area contributed by atoms with Gasteiger partial charge in [-0.05, 0) is 57.9 Å². The van der Waals surface area contributed by atoms with Crippen molar-refractivity contribution in [3.8, 4) is 22.8 Å². The van der Waals surface area contributed by atoms with Crippen LogP contribution in [0.1, 0.15) is 16.1 Å². The Labute approximate surface area is 204 Å². The number of carboxylic acid groups (broad SMARTS) is 1. The maximum absolute atomic E-state index is 12.8. The first-order valence-corrected chi connectivity index (χ1v) is 11.1. The van der Waals surface area contributed by atoms with Crippen LogP contribution in [0.2, 0.25) is 0 Å². The van der Waals surface area contributed by atoms with E-state index in [0.717, 1.165) is 10.0 Å². The van der Waals surface area contributed by atoms with Crippen LogP contribution in [0.25, 0.3) is 17.3 Å². The van der Waals surface area contributed by atoms with E-state index in [1.54, 1.807) is 37.4 Å². The number of para-hydroxylation sites is 1. The summed E-state index contributed by atoms with van der Waals surface area (Å²) in [4.78, 5) is 24.6. The van der Waals surface area contributed by atoms with Crippen LogP contribution in [-0.4, -0.2) is 26.8 Å². The molecule has 1 heterocycles. The van der Waals surface area contributed by atoms with E-state index in [9.17, 15) is 14.7 Å². The Kier molecular flexibility index (Phi) is 6.89. The lowest BCUT2D eigenvalue weighted by Gasteiger charge is -2.08. The Balaban J connectivity index is 1.51. The Hall–Kier alpha value is -4.17. The topological polar surface area (TPSA) is 93.5 Å². The molecule has 34 heavy (non-hydrogen) atoms. The highest BCUT2D eigenvalue weighted by Crippen LogP contribution is 2.29. The zero-order valence-corrected chi connectivity index (χ0v) is 19.7. The van der Waals surface area contributed by atoms with Gasteiger partial charge in [0.25, 0.3) is 5.91 Å². The van der Waals surface area contributed by atoms with Crippen LogP contribution in [0.3, 0.4) is 0 Å². The second-order valence-electron chi connectivity index (χ2n) is 7.32. The van der Waals surface area contributed by atoms with Gasteiger partial charge in [-0.25, -0.2) is 4.79 Å². The molecule has 3 aromatic carbocycles. The van der Waals surface area contributed by atoms with Crippen LogP contribution in [0.5, 0.6) is 11.5 Å². The molecule has 0 bridgehead atoms. The summed E-state index contributed by atoms with van der Waals surface area (Å²) in [6.07, 6.45) is 1.39. The molecule has 4 rings (SSSR count). The molecular weight excluding hydrogens is 498 g/mol. The van der Waals surface area contributed by atoms with E-state index in [1.807, 2.05) is 54.6 Å². The van der Waals surface area contributed by atoms with Crippen LogP contribution in [0.15, 0.2) is 95.1 Å². The summed E-state index contributed by atoms with van der Waals surface area (Å²) < 4.78 is 8.07. The molecule has 0 unspecified atom stereocenters. The number of amides is 1. The monoisotopic (exact) mass is 517 g/mol. The molecule has 0 aliphatic carbocycles. The third-order valence-corrected chi connectivity index (χ3v) is 5.57. The molecule has 2 N–H and O–H groups in total. The number of aromatic nitrogens is 2. The maximum atomic E-state index is 12.8. The number of hydrogen-bond acceptors (Lipinski definition) is 4. The van der Waals surface area contributed by atoms with Gasteiger partial charge in [0.1, 0.15) is 22.9 Å². The molecule has 7 nitrogen and oxygen atoms in total. The van der Waals surface area contributed by atoms with Gasteiger partial charge in [0.05, 0.1) is 10.2 Å².